The second kappa shape index (κ2) is 19.0. The third-order valence-electron chi connectivity index (χ3n) is 10.9. The molecule has 5 atom stereocenters. The summed E-state index contributed by atoms with van der Waals surface area (Å²) < 4.78 is 41.8. The number of fused-ring (bicyclic) bond motifs is 2. The maximum atomic E-state index is 7.35. The highest BCUT2D eigenvalue weighted by molar-refractivity contribution is 5.41. The molecular weight excluding hydrogens is 709 g/mol. The lowest BCUT2D eigenvalue weighted by molar-refractivity contribution is -0.387. The highest BCUT2D eigenvalue weighted by atomic mass is 16.7. The lowest BCUT2D eigenvalue weighted by Gasteiger charge is -2.51. The molecule has 0 saturated carbocycles. The zero-order valence-electron chi connectivity index (χ0n) is 32.7. The molecule has 0 unspecified atom stereocenters. The quantitative estimate of drug-likeness (QED) is 0.0923. The van der Waals surface area contributed by atoms with Gasteiger partial charge in [0.25, 0.3) is 0 Å². The lowest BCUT2D eigenvalue weighted by atomic mass is 9.85. The first-order chi connectivity index (χ1) is 28.2. The van der Waals surface area contributed by atoms with Gasteiger partial charge in [-0.2, -0.15) is 0 Å². The van der Waals surface area contributed by atoms with E-state index in [1.165, 1.54) is 16.7 Å². The molecule has 0 aromatic heterocycles. The Labute approximate surface area is 337 Å². The molecule has 6 nitrogen and oxygen atoms in total. The summed E-state index contributed by atoms with van der Waals surface area (Å²) in [5, 5.41) is 0. The third-order valence-corrected chi connectivity index (χ3v) is 10.9. The summed E-state index contributed by atoms with van der Waals surface area (Å²) in [6.45, 7) is 4.35. The van der Waals surface area contributed by atoms with E-state index in [0.717, 1.165) is 52.6 Å². The molecule has 57 heavy (non-hydrogen) atoms. The SMILES string of the molecule is CCCc1ccc(Cc2ccc3c(c2)[C@]2(OC3)O[C@H](COCc3ccccc3)[C@@H](OCc3ccccc3)[C@H](OCc3ccccc3)[C@H]2OCc2ccccc2)cc1. The first kappa shape index (κ1) is 38.9. The number of hydrogen-bond acceptors (Lipinski definition) is 6. The summed E-state index contributed by atoms with van der Waals surface area (Å²) in [6.07, 6.45) is 0.581. The summed E-state index contributed by atoms with van der Waals surface area (Å²) in [7, 11) is 0. The lowest BCUT2D eigenvalue weighted by Crippen LogP contribution is -2.65. The van der Waals surface area contributed by atoms with Gasteiger partial charge >= 0.3 is 0 Å². The van der Waals surface area contributed by atoms with E-state index in [1.54, 1.807) is 0 Å². The van der Waals surface area contributed by atoms with E-state index in [-0.39, 0.29) is 6.61 Å². The van der Waals surface area contributed by atoms with Gasteiger partial charge in [0.2, 0.25) is 5.79 Å². The van der Waals surface area contributed by atoms with Crippen LogP contribution in [0.25, 0.3) is 0 Å². The molecule has 8 rings (SSSR count). The van der Waals surface area contributed by atoms with Gasteiger partial charge in [0.15, 0.2) is 0 Å². The van der Waals surface area contributed by atoms with Gasteiger partial charge in [-0.1, -0.05) is 171 Å². The molecule has 1 fully saturated rings. The fraction of sp³-hybridized carbons (Fsp3) is 0.294. The zero-order valence-corrected chi connectivity index (χ0v) is 32.7. The first-order valence-corrected chi connectivity index (χ1v) is 20.3. The van der Waals surface area contributed by atoms with Gasteiger partial charge in [0.1, 0.15) is 24.4 Å². The van der Waals surface area contributed by atoms with E-state index in [0.29, 0.717) is 33.0 Å². The minimum absolute atomic E-state index is 0.259. The van der Waals surface area contributed by atoms with Crippen molar-refractivity contribution in [2.75, 3.05) is 6.61 Å². The Morgan fingerprint density at radius 3 is 1.61 bits per heavy atom. The van der Waals surface area contributed by atoms with Crippen LogP contribution < -0.4 is 0 Å². The molecule has 2 heterocycles. The van der Waals surface area contributed by atoms with Crippen molar-refractivity contribution in [3.8, 4) is 0 Å². The number of aryl methyl sites for hydroxylation is 1. The van der Waals surface area contributed by atoms with E-state index >= 15 is 0 Å². The number of ether oxygens (including phenoxy) is 6. The molecular formula is C51H52O6. The maximum Gasteiger partial charge on any atom is 0.225 e. The molecule has 292 valence electrons. The molecule has 0 N–H and O–H groups in total. The van der Waals surface area contributed by atoms with Crippen molar-refractivity contribution in [1.82, 2.24) is 0 Å². The van der Waals surface area contributed by atoms with Crippen LogP contribution in [-0.2, 0) is 80.1 Å². The largest absolute Gasteiger partial charge is 0.374 e. The monoisotopic (exact) mass is 760 g/mol. The van der Waals surface area contributed by atoms with E-state index in [4.69, 9.17) is 28.4 Å². The van der Waals surface area contributed by atoms with Crippen LogP contribution in [0.1, 0.15) is 63.4 Å². The Morgan fingerprint density at radius 1 is 0.526 bits per heavy atom. The topological polar surface area (TPSA) is 55.4 Å². The summed E-state index contributed by atoms with van der Waals surface area (Å²) in [5.74, 6) is -1.29. The third kappa shape index (κ3) is 9.62. The summed E-state index contributed by atoms with van der Waals surface area (Å²) >= 11 is 0. The molecule has 1 spiro atoms. The first-order valence-electron chi connectivity index (χ1n) is 20.3. The molecule has 6 aromatic rings. The fourth-order valence-corrected chi connectivity index (χ4v) is 7.97. The Morgan fingerprint density at radius 2 is 1.04 bits per heavy atom. The predicted molar refractivity (Wildman–Crippen MR) is 222 cm³/mol. The van der Waals surface area contributed by atoms with Crippen LogP contribution in [-0.4, -0.2) is 31.0 Å². The second-order valence-electron chi connectivity index (χ2n) is 15.1. The average molecular weight is 761 g/mol. The number of benzene rings is 6. The molecule has 0 bridgehead atoms. The van der Waals surface area contributed by atoms with E-state index < -0.39 is 30.2 Å². The van der Waals surface area contributed by atoms with Crippen LogP contribution in [0.2, 0.25) is 0 Å². The molecule has 6 aromatic carbocycles. The average Bonchev–Trinajstić information content (AvgIpc) is 3.61. The second-order valence-corrected chi connectivity index (χ2v) is 15.1. The molecule has 0 amide bonds. The van der Waals surface area contributed by atoms with Crippen molar-refractivity contribution in [3.05, 3.63) is 214 Å². The van der Waals surface area contributed by atoms with Gasteiger partial charge in [0, 0.05) is 5.56 Å². The van der Waals surface area contributed by atoms with Crippen molar-refractivity contribution in [2.24, 2.45) is 0 Å². The van der Waals surface area contributed by atoms with E-state index in [9.17, 15) is 0 Å². The Hall–Kier alpha value is -4.92. The fourth-order valence-electron chi connectivity index (χ4n) is 7.97. The zero-order chi connectivity index (χ0) is 38.7. The highest BCUT2D eigenvalue weighted by Gasteiger charge is 2.61. The minimum atomic E-state index is -1.29. The smallest absolute Gasteiger partial charge is 0.225 e. The minimum Gasteiger partial charge on any atom is -0.374 e. The van der Waals surface area contributed by atoms with Crippen LogP contribution in [0.3, 0.4) is 0 Å². The normalized spacial score (nSPS) is 21.4. The molecule has 6 heteroatoms. The van der Waals surface area contributed by atoms with Crippen LogP contribution in [0.15, 0.2) is 164 Å². The van der Waals surface area contributed by atoms with Crippen molar-refractivity contribution in [1.29, 1.82) is 0 Å². The van der Waals surface area contributed by atoms with Crippen molar-refractivity contribution in [3.63, 3.8) is 0 Å². The summed E-state index contributed by atoms with van der Waals surface area (Å²) in [5.41, 5.74) is 10.1. The molecule has 2 aliphatic rings. The standard InChI is InChI=1S/C51H52O6/c1-2-15-38-24-26-39(27-25-38)30-44-28-29-45-36-56-51(46(45)31-44)50(55-35-43-22-13-6-14-23-43)49(54-34-42-20-11-5-12-21-42)48(53-33-41-18-9-4-10-19-41)47(57-51)37-52-32-40-16-7-3-8-17-40/h3-14,16-29,31,47-50H,2,15,30,32-37H2,1H3/t47-,48-,49+,50-,51+/m1/s1. The van der Waals surface area contributed by atoms with Gasteiger partial charge in [0.05, 0.1) is 39.6 Å². The Bertz CT molecular complexity index is 2110. The van der Waals surface area contributed by atoms with Gasteiger partial charge in [-0.15, -0.1) is 0 Å². The summed E-state index contributed by atoms with van der Waals surface area (Å²) in [6, 6.07) is 56.5. The Balaban J connectivity index is 1.18. The van der Waals surface area contributed by atoms with Gasteiger partial charge in [-0.3, -0.25) is 0 Å². The maximum absolute atomic E-state index is 7.35. The molecule has 0 radical (unpaired) electrons. The van der Waals surface area contributed by atoms with Crippen LogP contribution in [0, 0.1) is 0 Å². The molecule has 2 aliphatic heterocycles. The number of rotatable bonds is 17. The Kier molecular flexibility index (Phi) is 13.0. The van der Waals surface area contributed by atoms with E-state index in [2.05, 4.69) is 97.9 Å². The number of hydrogen-bond donors (Lipinski definition) is 0. The van der Waals surface area contributed by atoms with Crippen LogP contribution >= 0.6 is 0 Å². The van der Waals surface area contributed by atoms with Crippen molar-refractivity contribution < 1.29 is 28.4 Å². The van der Waals surface area contributed by atoms with Crippen molar-refractivity contribution >= 4 is 0 Å². The van der Waals surface area contributed by atoms with Gasteiger partial charge < -0.3 is 28.4 Å². The van der Waals surface area contributed by atoms with Crippen LogP contribution in [0.5, 0.6) is 0 Å². The molecule has 1 saturated heterocycles. The van der Waals surface area contributed by atoms with Crippen molar-refractivity contribution in [2.45, 2.75) is 89.4 Å². The highest BCUT2D eigenvalue weighted by Crippen LogP contribution is 2.49. The molecule has 0 aliphatic carbocycles. The van der Waals surface area contributed by atoms with Crippen LogP contribution in [0.4, 0.5) is 0 Å². The summed E-state index contributed by atoms with van der Waals surface area (Å²) in [4.78, 5) is 0. The van der Waals surface area contributed by atoms with Gasteiger partial charge in [-0.25, -0.2) is 0 Å². The predicted octanol–water partition coefficient (Wildman–Crippen LogP) is 10.3. The van der Waals surface area contributed by atoms with Gasteiger partial charge in [-0.05, 0) is 63.4 Å². The van der Waals surface area contributed by atoms with E-state index in [1.807, 2.05) is 72.8 Å².